The molecule has 2 aromatic carbocycles. The number of hydrogen-bond donors (Lipinski definition) is 0. The van der Waals surface area contributed by atoms with Crippen molar-refractivity contribution in [2.45, 2.75) is 32.1 Å². The maximum Gasteiger partial charge on any atom is 0.275 e. The SMILES string of the molecule is O=c1c2ccccc2c(-c2cccs2)nn1CN(Cc1ccccc1Br)C1CC1. The van der Waals surface area contributed by atoms with Gasteiger partial charge in [0, 0.05) is 22.4 Å². The van der Waals surface area contributed by atoms with Gasteiger partial charge in [0.1, 0.15) is 5.69 Å². The third-order valence-electron chi connectivity index (χ3n) is 5.33. The van der Waals surface area contributed by atoms with Crippen molar-refractivity contribution < 1.29 is 0 Å². The first kappa shape index (κ1) is 18.7. The van der Waals surface area contributed by atoms with Gasteiger partial charge in [-0.15, -0.1) is 11.3 Å². The topological polar surface area (TPSA) is 38.1 Å². The number of rotatable bonds is 6. The number of fused-ring (bicyclic) bond motifs is 1. The molecule has 2 heterocycles. The Bertz CT molecular complexity index is 1210. The minimum atomic E-state index is -0.0290. The summed E-state index contributed by atoms with van der Waals surface area (Å²) in [5.74, 6) is 0. The van der Waals surface area contributed by atoms with Crippen LogP contribution < -0.4 is 5.56 Å². The fourth-order valence-corrected chi connectivity index (χ4v) is 4.81. The maximum atomic E-state index is 13.2. The van der Waals surface area contributed by atoms with E-state index < -0.39 is 0 Å². The molecule has 1 aliphatic rings. The van der Waals surface area contributed by atoms with Gasteiger partial charge in [-0.25, -0.2) is 4.68 Å². The average Bonchev–Trinajstić information content (AvgIpc) is 3.45. The molecule has 1 fully saturated rings. The number of thiophene rings is 1. The molecule has 0 spiro atoms. The van der Waals surface area contributed by atoms with Crippen molar-refractivity contribution >= 4 is 38.0 Å². The molecule has 5 rings (SSSR count). The highest BCUT2D eigenvalue weighted by Crippen LogP contribution is 2.31. The Kier molecular flexibility index (Phi) is 5.08. The second-order valence-corrected chi connectivity index (χ2v) is 9.19. The van der Waals surface area contributed by atoms with E-state index in [1.54, 1.807) is 16.0 Å². The lowest BCUT2D eigenvalue weighted by molar-refractivity contribution is 0.184. The lowest BCUT2D eigenvalue weighted by Crippen LogP contribution is -2.35. The van der Waals surface area contributed by atoms with Gasteiger partial charge in [0.2, 0.25) is 0 Å². The highest BCUT2D eigenvalue weighted by molar-refractivity contribution is 9.10. The van der Waals surface area contributed by atoms with Gasteiger partial charge in [-0.2, -0.15) is 5.10 Å². The van der Waals surface area contributed by atoms with Crippen molar-refractivity contribution in [2.75, 3.05) is 0 Å². The Morgan fingerprint density at radius 2 is 1.79 bits per heavy atom. The quantitative estimate of drug-likeness (QED) is 0.376. The van der Waals surface area contributed by atoms with Crippen LogP contribution in [0, 0.1) is 0 Å². The Labute approximate surface area is 181 Å². The number of benzene rings is 2. The summed E-state index contributed by atoms with van der Waals surface area (Å²) in [7, 11) is 0. The van der Waals surface area contributed by atoms with Gasteiger partial charge in [0.05, 0.1) is 16.9 Å². The molecule has 29 heavy (non-hydrogen) atoms. The van der Waals surface area contributed by atoms with E-state index in [4.69, 9.17) is 5.10 Å². The molecule has 1 aliphatic carbocycles. The maximum absolute atomic E-state index is 13.2. The highest BCUT2D eigenvalue weighted by Gasteiger charge is 2.30. The molecule has 4 nitrogen and oxygen atoms in total. The number of aromatic nitrogens is 2. The largest absolute Gasteiger partial charge is 0.277 e. The van der Waals surface area contributed by atoms with Gasteiger partial charge >= 0.3 is 0 Å². The third kappa shape index (κ3) is 3.80. The van der Waals surface area contributed by atoms with Crippen molar-refractivity contribution in [3.05, 3.63) is 86.4 Å². The first-order chi connectivity index (χ1) is 14.2. The molecule has 0 radical (unpaired) electrons. The zero-order valence-electron chi connectivity index (χ0n) is 15.8. The average molecular weight is 466 g/mol. The number of nitrogens with zero attached hydrogens (tertiary/aromatic N) is 3. The lowest BCUT2D eigenvalue weighted by Gasteiger charge is -2.23. The van der Waals surface area contributed by atoms with Crippen LogP contribution in [0.1, 0.15) is 18.4 Å². The highest BCUT2D eigenvalue weighted by atomic mass is 79.9. The number of halogens is 1. The Morgan fingerprint density at radius 1 is 1.03 bits per heavy atom. The fraction of sp³-hybridized carbons (Fsp3) is 0.217. The molecule has 0 unspecified atom stereocenters. The van der Waals surface area contributed by atoms with Crippen molar-refractivity contribution in [1.29, 1.82) is 0 Å². The van der Waals surface area contributed by atoms with E-state index in [0.29, 0.717) is 12.7 Å². The zero-order valence-corrected chi connectivity index (χ0v) is 18.2. The summed E-state index contributed by atoms with van der Waals surface area (Å²) in [6.07, 6.45) is 2.34. The molecule has 0 atom stereocenters. The van der Waals surface area contributed by atoms with E-state index in [2.05, 4.69) is 45.1 Å². The first-order valence-corrected chi connectivity index (χ1v) is 11.4. The lowest BCUT2D eigenvalue weighted by atomic mass is 10.1. The van der Waals surface area contributed by atoms with E-state index in [0.717, 1.165) is 32.4 Å². The van der Waals surface area contributed by atoms with Crippen LogP contribution in [0.15, 0.2) is 75.3 Å². The number of hydrogen-bond acceptors (Lipinski definition) is 4. The van der Waals surface area contributed by atoms with Gasteiger partial charge in [-0.3, -0.25) is 9.69 Å². The molecular weight excluding hydrogens is 446 g/mol. The smallest absolute Gasteiger partial charge is 0.275 e. The van der Waals surface area contributed by atoms with Gasteiger partial charge in [0.15, 0.2) is 0 Å². The van der Waals surface area contributed by atoms with Crippen molar-refractivity contribution in [1.82, 2.24) is 14.7 Å². The summed E-state index contributed by atoms with van der Waals surface area (Å²) in [5, 5.41) is 8.51. The van der Waals surface area contributed by atoms with Gasteiger partial charge < -0.3 is 0 Å². The van der Waals surface area contributed by atoms with Crippen LogP contribution in [0.2, 0.25) is 0 Å². The molecule has 1 saturated carbocycles. The van der Waals surface area contributed by atoms with Crippen LogP contribution in [-0.2, 0) is 13.2 Å². The van der Waals surface area contributed by atoms with Crippen molar-refractivity contribution in [3.63, 3.8) is 0 Å². The predicted molar refractivity (Wildman–Crippen MR) is 122 cm³/mol. The Balaban J connectivity index is 1.56. The van der Waals surface area contributed by atoms with Crippen molar-refractivity contribution in [2.24, 2.45) is 0 Å². The summed E-state index contributed by atoms with van der Waals surface area (Å²) in [4.78, 5) is 16.7. The summed E-state index contributed by atoms with van der Waals surface area (Å²) in [6.45, 7) is 1.29. The second kappa shape index (κ2) is 7.86. The molecule has 0 saturated heterocycles. The van der Waals surface area contributed by atoms with E-state index in [1.807, 2.05) is 41.8 Å². The van der Waals surface area contributed by atoms with Crippen LogP contribution in [0.25, 0.3) is 21.3 Å². The second-order valence-electron chi connectivity index (χ2n) is 7.39. The molecule has 6 heteroatoms. The zero-order chi connectivity index (χ0) is 19.8. The van der Waals surface area contributed by atoms with Gasteiger partial charge in [-0.05, 0) is 42.0 Å². The fourth-order valence-electron chi connectivity index (χ4n) is 3.68. The molecule has 0 aliphatic heterocycles. The first-order valence-electron chi connectivity index (χ1n) is 9.72. The van der Waals surface area contributed by atoms with Crippen LogP contribution in [0.5, 0.6) is 0 Å². The van der Waals surface area contributed by atoms with E-state index in [9.17, 15) is 4.79 Å². The summed E-state index contributed by atoms with van der Waals surface area (Å²) in [6, 6.07) is 20.7. The van der Waals surface area contributed by atoms with Gasteiger partial charge in [0.25, 0.3) is 5.56 Å². The van der Waals surface area contributed by atoms with Crippen LogP contribution in [0.4, 0.5) is 0 Å². The predicted octanol–water partition coefficient (Wildman–Crippen LogP) is 5.51. The molecular formula is C23H20BrN3OS. The van der Waals surface area contributed by atoms with Crippen LogP contribution in [-0.4, -0.2) is 20.7 Å². The molecule has 146 valence electrons. The normalized spacial score (nSPS) is 14.0. The van der Waals surface area contributed by atoms with Crippen LogP contribution >= 0.6 is 27.3 Å². The van der Waals surface area contributed by atoms with Crippen LogP contribution in [0.3, 0.4) is 0 Å². The van der Waals surface area contributed by atoms with Gasteiger partial charge in [-0.1, -0.05) is 58.4 Å². The van der Waals surface area contributed by atoms with Crippen molar-refractivity contribution in [3.8, 4) is 10.6 Å². The minimum Gasteiger partial charge on any atom is -0.277 e. The molecule has 0 amide bonds. The molecule has 0 N–H and O–H groups in total. The standard InChI is InChI=1S/C23H20BrN3OS/c24-20-9-4-1-6-16(20)14-26(17-11-12-17)15-27-23(28)19-8-3-2-7-18(19)22(25-27)21-10-5-13-29-21/h1-10,13,17H,11-12,14-15H2. The Hall–Kier alpha value is -2.28. The Morgan fingerprint density at radius 3 is 2.52 bits per heavy atom. The van der Waals surface area contributed by atoms with E-state index in [-0.39, 0.29) is 5.56 Å². The monoisotopic (exact) mass is 465 g/mol. The van der Waals surface area contributed by atoms with E-state index in [1.165, 1.54) is 18.4 Å². The summed E-state index contributed by atoms with van der Waals surface area (Å²) >= 11 is 5.30. The molecule has 0 bridgehead atoms. The summed E-state index contributed by atoms with van der Waals surface area (Å²) < 4.78 is 2.75. The minimum absolute atomic E-state index is 0.0290. The summed E-state index contributed by atoms with van der Waals surface area (Å²) in [5.41, 5.74) is 2.08. The molecule has 4 aromatic rings. The molecule has 2 aromatic heterocycles. The third-order valence-corrected chi connectivity index (χ3v) is 6.98. The van der Waals surface area contributed by atoms with E-state index >= 15 is 0 Å².